The normalized spacial score (nSPS) is 21.9. The van der Waals surface area contributed by atoms with Gasteiger partial charge in [0, 0.05) is 24.9 Å². The number of rotatable bonds is 8. The average molecular weight is 577 g/mol. The van der Waals surface area contributed by atoms with Crippen LogP contribution in [0.5, 0.6) is 5.75 Å². The summed E-state index contributed by atoms with van der Waals surface area (Å²) in [5, 5.41) is 37.5. The lowest BCUT2D eigenvalue weighted by atomic mass is 10.1. The lowest BCUT2D eigenvalue weighted by molar-refractivity contribution is -0.274. The summed E-state index contributed by atoms with van der Waals surface area (Å²) in [4.78, 5) is 18.1. The van der Waals surface area contributed by atoms with E-state index in [4.69, 9.17) is 4.98 Å². The van der Waals surface area contributed by atoms with Gasteiger partial charge in [-0.15, -0.1) is 24.5 Å². The summed E-state index contributed by atoms with van der Waals surface area (Å²) in [5.74, 6) is -0.232. The van der Waals surface area contributed by atoms with Gasteiger partial charge in [-0.25, -0.2) is 9.97 Å². The molecule has 14 heteroatoms. The van der Waals surface area contributed by atoms with Crippen LogP contribution in [-0.4, -0.2) is 66.5 Å². The SMILES string of the molecule is Cc1nccc2sc(-c3cnc(NC(C)c4ccc(OC(F)(F)F)cc4)nc3NC3CC(CO)C(O)C3O)nc12. The fourth-order valence-electron chi connectivity index (χ4n) is 4.67. The lowest BCUT2D eigenvalue weighted by Crippen LogP contribution is -2.35. The van der Waals surface area contributed by atoms with Gasteiger partial charge in [0.2, 0.25) is 5.95 Å². The van der Waals surface area contributed by atoms with Crippen molar-refractivity contribution in [3.05, 3.63) is 54.0 Å². The van der Waals surface area contributed by atoms with Crippen LogP contribution < -0.4 is 15.4 Å². The highest BCUT2D eigenvalue weighted by Gasteiger charge is 2.41. The Morgan fingerprint density at radius 3 is 2.50 bits per heavy atom. The molecule has 5 unspecified atom stereocenters. The highest BCUT2D eigenvalue weighted by atomic mass is 32.1. The molecule has 1 fully saturated rings. The molecule has 0 spiro atoms. The van der Waals surface area contributed by atoms with Crippen LogP contribution in [0.3, 0.4) is 0 Å². The topological polar surface area (TPSA) is 146 Å². The summed E-state index contributed by atoms with van der Waals surface area (Å²) in [5.41, 5.74) is 2.76. The number of fused-ring (bicyclic) bond motifs is 1. The first-order valence-corrected chi connectivity index (χ1v) is 13.3. The molecule has 1 saturated carbocycles. The fourth-order valence-corrected chi connectivity index (χ4v) is 5.70. The van der Waals surface area contributed by atoms with Gasteiger partial charge in [0.05, 0.1) is 34.1 Å². The first-order chi connectivity index (χ1) is 19.0. The fraction of sp³-hybridized carbons (Fsp3) is 0.385. The number of anilines is 2. The molecule has 1 aromatic carbocycles. The number of benzene rings is 1. The monoisotopic (exact) mass is 576 g/mol. The molecule has 10 nitrogen and oxygen atoms in total. The van der Waals surface area contributed by atoms with Gasteiger partial charge in [-0.1, -0.05) is 12.1 Å². The predicted molar refractivity (Wildman–Crippen MR) is 143 cm³/mol. The molecule has 5 atom stereocenters. The van der Waals surface area contributed by atoms with Crippen LogP contribution in [0.15, 0.2) is 42.7 Å². The second-order valence-corrected chi connectivity index (χ2v) is 10.6. The van der Waals surface area contributed by atoms with Crippen molar-refractivity contribution in [2.45, 2.75) is 50.9 Å². The smallest absolute Gasteiger partial charge is 0.406 e. The van der Waals surface area contributed by atoms with Crippen LogP contribution in [0.25, 0.3) is 20.8 Å². The van der Waals surface area contributed by atoms with E-state index in [9.17, 15) is 28.5 Å². The van der Waals surface area contributed by atoms with E-state index >= 15 is 0 Å². The molecule has 4 aromatic rings. The Balaban J connectivity index is 1.44. The second kappa shape index (κ2) is 11.1. The van der Waals surface area contributed by atoms with Gasteiger partial charge in [-0.05, 0) is 44.0 Å². The maximum absolute atomic E-state index is 12.5. The van der Waals surface area contributed by atoms with Crippen molar-refractivity contribution >= 4 is 33.3 Å². The van der Waals surface area contributed by atoms with Gasteiger partial charge in [-0.2, -0.15) is 4.98 Å². The zero-order valence-electron chi connectivity index (χ0n) is 21.4. The van der Waals surface area contributed by atoms with Gasteiger partial charge >= 0.3 is 6.36 Å². The number of nitrogens with one attached hydrogen (secondary N) is 2. The Hall–Kier alpha value is -3.59. The molecule has 3 aromatic heterocycles. The van der Waals surface area contributed by atoms with Crippen LogP contribution in [-0.2, 0) is 0 Å². The molecular weight excluding hydrogens is 549 g/mol. The molecule has 0 radical (unpaired) electrons. The van der Waals surface area contributed by atoms with Crippen molar-refractivity contribution in [2.24, 2.45) is 5.92 Å². The van der Waals surface area contributed by atoms with E-state index < -0.39 is 30.5 Å². The summed E-state index contributed by atoms with van der Waals surface area (Å²) in [6.07, 6.45) is -3.39. The molecule has 1 aliphatic carbocycles. The van der Waals surface area contributed by atoms with E-state index in [1.54, 1.807) is 19.3 Å². The average Bonchev–Trinajstić information content (AvgIpc) is 3.46. The Kier molecular flexibility index (Phi) is 7.77. The largest absolute Gasteiger partial charge is 0.573 e. The highest BCUT2D eigenvalue weighted by Crippen LogP contribution is 2.37. The lowest BCUT2D eigenvalue weighted by Gasteiger charge is -2.21. The van der Waals surface area contributed by atoms with Crippen LogP contribution in [0.2, 0.25) is 0 Å². The summed E-state index contributed by atoms with van der Waals surface area (Å²) in [7, 11) is 0. The molecule has 0 amide bonds. The molecule has 0 saturated heterocycles. The number of nitrogens with zero attached hydrogens (tertiary/aromatic N) is 4. The number of hydrogen-bond donors (Lipinski definition) is 5. The minimum absolute atomic E-state index is 0.222. The number of halogens is 3. The molecule has 0 bridgehead atoms. The number of thiazole rings is 1. The van der Waals surface area contributed by atoms with Crippen molar-refractivity contribution in [3.8, 4) is 16.3 Å². The molecule has 40 heavy (non-hydrogen) atoms. The van der Waals surface area contributed by atoms with E-state index in [-0.39, 0.29) is 24.3 Å². The second-order valence-electron chi connectivity index (χ2n) is 9.61. The van der Waals surface area contributed by atoms with Gasteiger partial charge < -0.3 is 30.7 Å². The molecule has 3 heterocycles. The van der Waals surface area contributed by atoms with Crippen LogP contribution >= 0.6 is 11.3 Å². The summed E-state index contributed by atoms with van der Waals surface area (Å²) >= 11 is 1.43. The van der Waals surface area contributed by atoms with Crippen molar-refractivity contribution < 1.29 is 33.2 Å². The Morgan fingerprint density at radius 1 is 1.10 bits per heavy atom. The van der Waals surface area contributed by atoms with Crippen molar-refractivity contribution in [1.82, 2.24) is 19.9 Å². The minimum atomic E-state index is -4.77. The molecule has 212 valence electrons. The maximum atomic E-state index is 12.5. The number of ether oxygens (including phenoxy) is 1. The van der Waals surface area contributed by atoms with E-state index in [0.717, 1.165) is 15.9 Å². The zero-order valence-corrected chi connectivity index (χ0v) is 22.2. The van der Waals surface area contributed by atoms with Crippen molar-refractivity contribution in [3.63, 3.8) is 0 Å². The van der Waals surface area contributed by atoms with Gasteiger partial charge in [0.25, 0.3) is 0 Å². The Labute approximate surface area is 230 Å². The number of aliphatic hydroxyl groups is 3. The van der Waals surface area contributed by atoms with E-state index in [1.165, 1.54) is 35.6 Å². The Morgan fingerprint density at radius 2 is 1.85 bits per heavy atom. The first-order valence-electron chi connectivity index (χ1n) is 12.5. The highest BCUT2D eigenvalue weighted by molar-refractivity contribution is 7.21. The third-order valence-electron chi connectivity index (χ3n) is 6.83. The molecule has 1 aliphatic rings. The van der Waals surface area contributed by atoms with E-state index in [0.29, 0.717) is 28.4 Å². The quantitative estimate of drug-likeness (QED) is 0.208. The third-order valence-corrected chi connectivity index (χ3v) is 7.88. The summed E-state index contributed by atoms with van der Waals surface area (Å²) < 4.78 is 42.3. The van der Waals surface area contributed by atoms with E-state index in [1.807, 2.05) is 13.0 Å². The summed E-state index contributed by atoms with van der Waals surface area (Å²) in [6, 6.07) is 6.36. The molecular formula is C26H27F3N6O4S. The zero-order chi connectivity index (χ0) is 28.6. The number of hydrogen-bond acceptors (Lipinski definition) is 11. The standard InChI is InChI=1S/C26H27F3N6O4S/c1-12(14-3-5-16(6-4-14)39-26(27,28)29)32-25-31-10-17(24-34-20-13(2)30-8-7-19(20)40-24)23(35-25)33-18-9-15(11-36)21(37)22(18)38/h3-8,10,12,15,18,21-22,36-38H,9,11H2,1-2H3,(H2,31,32,33,35). The number of alkyl halides is 3. The Bertz CT molecular complexity index is 1490. The predicted octanol–water partition coefficient (Wildman–Crippen LogP) is 4.04. The maximum Gasteiger partial charge on any atom is 0.573 e. The number of pyridine rings is 1. The van der Waals surface area contributed by atoms with Crippen LogP contribution in [0, 0.1) is 12.8 Å². The van der Waals surface area contributed by atoms with Crippen LogP contribution in [0.4, 0.5) is 24.9 Å². The van der Waals surface area contributed by atoms with Crippen molar-refractivity contribution in [1.29, 1.82) is 0 Å². The van der Waals surface area contributed by atoms with E-state index in [2.05, 4.69) is 30.3 Å². The van der Waals surface area contributed by atoms with Crippen LogP contribution in [0.1, 0.15) is 30.6 Å². The molecule has 5 N–H and O–H groups in total. The van der Waals surface area contributed by atoms with Gasteiger partial charge in [-0.3, -0.25) is 4.98 Å². The minimum Gasteiger partial charge on any atom is -0.406 e. The molecule has 0 aliphatic heterocycles. The third kappa shape index (κ3) is 5.94. The van der Waals surface area contributed by atoms with Gasteiger partial charge in [0.1, 0.15) is 28.2 Å². The van der Waals surface area contributed by atoms with Crippen molar-refractivity contribution in [2.75, 3.05) is 17.2 Å². The number of aliphatic hydroxyl groups excluding tert-OH is 3. The number of aryl methyl sites for hydroxylation is 1. The number of aromatic nitrogens is 4. The first kappa shape index (κ1) is 28.0. The molecule has 5 rings (SSSR count). The summed E-state index contributed by atoms with van der Waals surface area (Å²) in [6.45, 7) is 3.40. The van der Waals surface area contributed by atoms with Gasteiger partial charge in [0.15, 0.2) is 0 Å².